The topological polar surface area (TPSA) is 44.0 Å². The Kier molecular flexibility index (Phi) is 2.08. The molecule has 1 unspecified atom stereocenters. The van der Waals surface area contributed by atoms with E-state index in [0.717, 1.165) is 19.3 Å². The summed E-state index contributed by atoms with van der Waals surface area (Å²) in [6, 6.07) is 7.09. The van der Waals surface area contributed by atoms with Crippen LogP contribution in [0.15, 0.2) is 18.2 Å². The lowest BCUT2D eigenvalue weighted by molar-refractivity contribution is -0.0989. The molecule has 0 amide bonds. The number of aliphatic hydroxyl groups is 1. The molecule has 1 atom stereocenters. The summed E-state index contributed by atoms with van der Waals surface area (Å²) in [5, 5.41) is 20.2. The van der Waals surface area contributed by atoms with E-state index in [-0.39, 0.29) is 5.82 Å². The van der Waals surface area contributed by atoms with Crippen LogP contribution in [0.2, 0.25) is 0 Å². The molecule has 0 aliphatic heterocycles. The molecule has 88 valence electrons. The lowest BCUT2D eigenvalue weighted by atomic mass is 9.58. The van der Waals surface area contributed by atoms with E-state index in [0.29, 0.717) is 24.0 Å². The fourth-order valence-electron chi connectivity index (χ4n) is 3.29. The van der Waals surface area contributed by atoms with E-state index < -0.39 is 11.0 Å². The van der Waals surface area contributed by atoms with Gasteiger partial charge in [-0.05, 0) is 42.9 Å². The van der Waals surface area contributed by atoms with E-state index in [4.69, 9.17) is 0 Å². The second-order valence-electron chi connectivity index (χ2n) is 5.17. The highest BCUT2D eigenvalue weighted by Gasteiger charge is 2.58. The van der Waals surface area contributed by atoms with E-state index >= 15 is 0 Å². The number of benzene rings is 1. The standard InChI is InChI=1S/C14H14FNO/c15-12-4-1-3-11-10(12)5-8-14(11,17)13(9-16)6-2-7-13/h1,3-4,17H,2,5-8H2. The highest BCUT2D eigenvalue weighted by atomic mass is 19.1. The monoisotopic (exact) mass is 231 g/mol. The van der Waals surface area contributed by atoms with Crippen LogP contribution in [-0.2, 0) is 12.0 Å². The number of fused-ring (bicyclic) bond motifs is 1. The van der Waals surface area contributed by atoms with Crippen molar-refractivity contribution in [1.82, 2.24) is 0 Å². The lowest BCUT2D eigenvalue weighted by Gasteiger charge is -2.47. The Bertz CT molecular complexity index is 515. The molecule has 17 heavy (non-hydrogen) atoms. The van der Waals surface area contributed by atoms with Crippen molar-refractivity contribution in [1.29, 1.82) is 5.26 Å². The molecule has 1 N–H and O–H groups in total. The molecular weight excluding hydrogens is 217 g/mol. The molecule has 0 spiro atoms. The largest absolute Gasteiger partial charge is 0.383 e. The second kappa shape index (κ2) is 3.30. The van der Waals surface area contributed by atoms with Gasteiger partial charge in [-0.3, -0.25) is 0 Å². The van der Waals surface area contributed by atoms with Crippen molar-refractivity contribution in [2.75, 3.05) is 0 Å². The molecule has 1 saturated carbocycles. The summed E-state index contributed by atoms with van der Waals surface area (Å²) in [6.45, 7) is 0. The molecule has 3 heteroatoms. The quantitative estimate of drug-likeness (QED) is 0.807. The highest BCUT2D eigenvalue weighted by molar-refractivity contribution is 5.42. The van der Waals surface area contributed by atoms with Gasteiger partial charge < -0.3 is 5.11 Å². The number of hydrogen-bond acceptors (Lipinski definition) is 2. The third-order valence-electron chi connectivity index (χ3n) is 4.51. The van der Waals surface area contributed by atoms with Gasteiger partial charge in [0.1, 0.15) is 11.4 Å². The van der Waals surface area contributed by atoms with Crippen LogP contribution < -0.4 is 0 Å². The van der Waals surface area contributed by atoms with Crippen molar-refractivity contribution in [3.05, 3.63) is 35.1 Å². The van der Waals surface area contributed by atoms with Gasteiger partial charge in [-0.25, -0.2) is 4.39 Å². The van der Waals surface area contributed by atoms with Gasteiger partial charge in [-0.1, -0.05) is 18.6 Å². The number of nitriles is 1. The van der Waals surface area contributed by atoms with Gasteiger partial charge in [0.15, 0.2) is 0 Å². The molecule has 2 nitrogen and oxygen atoms in total. The zero-order valence-corrected chi connectivity index (χ0v) is 9.54. The van der Waals surface area contributed by atoms with Crippen molar-refractivity contribution in [3.63, 3.8) is 0 Å². The molecule has 0 radical (unpaired) electrons. The summed E-state index contributed by atoms with van der Waals surface area (Å²) in [5.74, 6) is -0.258. The summed E-state index contributed by atoms with van der Waals surface area (Å²) < 4.78 is 13.7. The average molecular weight is 231 g/mol. The van der Waals surface area contributed by atoms with Crippen LogP contribution in [0.4, 0.5) is 4.39 Å². The highest BCUT2D eigenvalue weighted by Crippen LogP contribution is 2.58. The fraction of sp³-hybridized carbons (Fsp3) is 0.500. The van der Waals surface area contributed by atoms with Crippen molar-refractivity contribution in [3.8, 4) is 6.07 Å². The van der Waals surface area contributed by atoms with Crippen molar-refractivity contribution >= 4 is 0 Å². The lowest BCUT2D eigenvalue weighted by Crippen LogP contribution is -2.48. The van der Waals surface area contributed by atoms with Gasteiger partial charge in [0.05, 0.1) is 11.5 Å². The molecule has 1 aromatic carbocycles. The van der Waals surface area contributed by atoms with Gasteiger partial charge in [0, 0.05) is 0 Å². The maximum Gasteiger partial charge on any atom is 0.126 e. The smallest absolute Gasteiger partial charge is 0.126 e. The van der Waals surface area contributed by atoms with Crippen LogP contribution in [0.5, 0.6) is 0 Å². The Balaban J connectivity index is 2.14. The molecule has 1 aromatic rings. The number of nitrogens with zero attached hydrogens (tertiary/aromatic N) is 1. The van der Waals surface area contributed by atoms with E-state index in [1.807, 2.05) is 0 Å². The summed E-state index contributed by atoms with van der Waals surface area (Å²) in [4.78, 5) is 0. The van der Waals surface area contributed by atoms with Crippen molar-refractivity contribution in [2.24, 2.45) is 5.41 Å². The van der Waals surface area contributed by atoms with Crippen LogP contribution in [0.1, 0.15) is 36.8 Å². The molecule has 0 bridgehead atoms. The van der Waals surface area contributed by atoms with E-state index in [2.05, 4.69) is 6.07 Å². The first kappa shape index (κ1) is 10.7. The second-order valence-corrected chi connectivity index (χ2v) is 5.17. The average Bonchev–Trinajstić information content (AvgIpc) is 2.59. The Morgan fingerprint density at radius 2 is 2.06 bits per heavy atom. The minimum Gasteiger partial charge on any atom is -0.383 e. The number of rotatable bonds is 1. The molecule has 0 heterocycles. The third-order valence-corrected chi connectivity index (χ3v) is 4.51. The molecule has 3 rings (SSSR count). The van der Waals surface area contributed by atoms with E-state index in [1.54, 1.807) is 12.1 Å². The Labute approximate surface area is 99.7 Å². The van der Waals surface area contributed by atoms with Gasteiger partial charge >= 0.3 is 0 Å². The van der Waals surface area contributed by atoms with Crippen LogP contribution in [0, 0.1) is 22.6 Å². The normalized spacial score (nSPS) is 29.2. The van der Waals surface area contributed by atoms with Crippen molar-refractivity contribution in [2.45, 2.75) is 37.7 Å². The molecule has 0 aromatic heterocycles. The summed E-state index contributed by atoms with van der Waals surface area (Å²) >= 11 is 0. The van der Waals surface area contributed by atoms with Gasteiger partial charge in [-0.2, -0.15) is 5.26 Å². The number of hydrogen-bond donors (Lipinski definition) is 1. The maximum absolute atomic E-state index is 13.7. The zero-order valence-electron chi connectivity index (χ0n) is 9.54. The maximum atomic E-state index is 13.7. The molecule has 1 fully saturated rings. The van der Waals surface area contributed by atoms with E-state index in [1.165, 1.54) is 6.07 Å². The van der Waals surface area contributed by atoms with Gasteiger partial charge in [0.2, 0.25) is 0 Å². The van der Waals surface area contributed by atoms with Crippen LogP contribution >= 0.6 is 0 Å². The van der Waals surface area contributed by atoms with Crippen LogP contribution in [0.25, 0.3) is 0 Å². The zero-order chi connectivity index (χ0) is 12.1. The first-order valence-corrected chi connectivity index (χ1v) is 6.04. The van der Waals surface area contributed by atoms with Crippen molar-refractivity contribution < 1.29 is 9.50 Å². The fourth-order valence-corrected chi connectivity index (χ4v) is 3.29. The van der Waals surface area contributed by atoms with Crippen LogP contribution in [0.3, 0.4) is 0 Å². The first-order chi connectivity index (χ1) is 8.13. The molecular formula is C14H14FNO. The molecule has 0 saturated heterocycles. The number of halogens is 1. The van der Waals surface area contributed by atoms with Gasteiger partial charge in [-0.15, -0.1) is 0 Å². The SMILES string of the molecule is N#CC1(C2(O)CCc3c(F)cccc32)CCC1. The summed E-state index contributed by atoms with van der Waals surface area (Å²) in [6.07, 6.45) is 3.41. The van der Waals surface area contributed by atoms with E-state index in [9.17, 15) is 14.8 Å². The predicted octanol–water partition coefficient (Wildman–Crippen LogP) is 2.65. The Hall–Kier alpha value is -1.40. The molecule has 2 aliphatic rings. The summed E-state index contributed by atoms with van der Waals surface area (Å²) in [7, 11) is 0. The van der Waals surface area contributed by atoms with Gasteiger partial charge in [0.25, 0.3) is 0 Å². The Morgan fingerprint density at radius 1 is 1.29 bits per heavy atom. The first-order valence-electron chi connectivity index (χ1n) is 6.04. The Morgan fingerprint density at radius 3 is 2.65 bits per heavy atom. The molecule has 2 aliphatic carbocycles. The minimum absolute atomic E-state index is 0.258. The predicted molar refractivity (Wildman–Crippen MR) is 60.5 cm³/mol. The minimum atomic E-state index is -1.14. The van der Waals surface area contributed by atoms with Crippen LogP contribution in [-0.4, -0.2) is 5.11 Å². The third kappa shape index (κ3) is 1.17. The summed E-state index contributed by atoms with van der Waals surface area (Å²) in [5.41, 5.74) is -0.598.